The van der Waals surface area contributed by atoms with Crippen LogP contribution in [0.4, 0.5) is 10.5 Å². The number of anilines is 1. The third-order valence-electron chi connectivity index (χ3n) is 2.90. The van der Waals surface area contributed by atoms with Gasteiger partial charge in [-0.3, -0.25) is 15.5 Å². The van der Waals surface area contributed by atoms with Crippen molar-refractivity contribution in [3.05, 3.63) is 24.3 Å². The third kappa shape index (κ3) is 4.90. The van der Waals surface area contributed by atoms with Crippen LogP contribution in [0.2, 0.25) is 0 Å². The Hall–Kier alpha value is -1.68. The van der Waals surface area contributed by atoms with Gasteiger partial charge in [0.1, 0.15) is 16.6 Å². The van der Waals surface area contributed by atoms with Crippen LogP contribution in [0.3, 0.4) is 0 Å². The molecule has 8 nitrogen and oxygen atoms in total. The van der Waals surface area contributed by atoms with Gasteiger partial charge >= 0.3 is 6.09 Å². The van der Waals surface area contributed by atoms with Crippen molar-refractivity contribution in [2.45, 2.75) is 37.3 Å². The van der Waals surface area contributed by atoms with Gasteiger partial charge in [0, 0.05) is 0 Å². The lowest BCUT2D eigenvalue weighted by molar-refractivity contribution is -0.107. The first kappa shape index (κ1) is 17.7. The number of rotatable bonds is 4. The van der Waals surface area contributed by atoms with Crippen molar-refractivity contribution in [1.82, 2.24) is 9.79 Å². The van der Waals surface area contributed by atoms with Crippen LogP contribution in [-0.4, -0.2) is 45.4 Å². The summed E-state index contributed by atoms with van der Waals surface area (Å²) < 4.78 is 20.4. The molecule has 0 spiro atoms. The first-order chi connectivity index (χ1) is 10.8. The normalized spacial score (nSPS) is 19.5. The maximum absolute atomic E-state index is 12.3. The Kier molecular flexibility index (Phi) is 5.58. The second-order valence-corrected chi connectivity index (χ2v) is 7.24. The number of nitrogens with zero attached hydrogens (tertiary/aromatic N) is 1. The van der Waals surface area contributed by atoms with Crippen LogP contribution in [0.5, 0.6) is 0 Å². The largest absolute Gasteiger partial charge is 0.442 e. The predicted octanol–water partition coefficient (Wildman–Crippen LogP) is 1.65. The lowest BCUT2D eigenvalue weighted by Crippen LogP contribution is -2.38. The summed E-state index contributed by atoms with van der Waals surface area (Å²) in [5.41, 5.74) is 1.74. The van der Waals surface area contributed by atoms with Gasteiger partial charge in [0.25, 0.3) is 0 Å². The van der Waals surface area contributed by atoms with Gasteiger partial charge in [0.2, 0.25) is 0 Å². The summed E-state index contributed by atoms with van der Waals surface area (Å²) in [6, 6.07) is 6.35. The van der Waals surface area contributed by atoms with E-state index in [4.69, 9.17) is 14.8 Å². The van der Waals surface area contributed by atoms with Gasteiger partial charge in [0.05, 0.1) is 29.8 Å². The molecule has 9 heteroatoms. The van der Waals surface area contributed by atoms with E-state index in [2.05, 4.69) is 4.72 Å². The van der Waals surface area contributed by atoms with Gasteiger partial charge in [-0.05, 0) is 32.9 Å². The molecule has 0 aliphatic carbocycles. The number of hydrogen-bond donors (Lipinski definition) is 3. The van der Waals surface area contributed by atoms with Gasteiger partial charge < -0.3 is 4.74 Å². The SMILES string of the molecule is CC(C)(C)OC(=O)N1CC(NS(=O)c2ccccc2NO)CO1. The Bertz CT molecular complexity index is 590. The number of carbonyl (C=O) groups excluding carboxylic acids is 1. The number of benzene rings is 1. The Morgan fingerprint density at radius 1 is 1.43 bits per heavy atom. The zero-order valence-corrected chi connectivity index (χ0v) is 14.1. The molecular weight excluding hydrogens is 322 g/mol. The molecule has 0 radical (unpaired) electrons. The topological polar surface area (TPSA) is 100 Å². The lowest BCUT2D eigenvalue weighted by Gasteiger charge is -2.23. The molecule has 2 atom stereocenters. The minimum absolute atomic E-state index is 0.194. The van der Waals surface area contributed by atoms with Crippen LogP contribution < -0.4 is 10.2 Å². The molecule has 1 aromatic rings. The van der Waals surface area contributed by atoms with E-state index in [9.17, 15) is 9.00 Å². The molecule has 1 aliphatic heterocycles. The van der Waals surface area contributed by atoms with Crippen LogP contribution in [-0.2, 0) is 20.6 Å². The van der Waals surface area contributed by atoms with E-state index < -0.39 is 22.7 Å². The van der Waals surface area contributed by atoms with Crippen LogP contribution in [0.25, 0.3) is 0 Å². The molecule has 1 aliphatic rings. The summed E-state index contributed by atoms with van der Waals surface area (Å²) in [6.07, 6.45) is -0.579. The van der Waals surface area contributed by atoms with Crippen molar-refractivity contribution in [3.63, 3.8) is 0 Å². The molecule has 1 fully saturated rings. The maximum atomic E-state index is 12.3. The molecule has 0 bridgehead atoms. The number of nitrogens with one attached hydrogen (secondary N) is 2. The highest BCUT2D eigenvalue weighted by atomic mass is 32.2. The summed E-state index contributed by atoms with van der Waals surface area (Å²) in [4.78, 5) is 17.6. The zero-order valence-electron chi connectivity index (χ0n) is 13.2. The van der Waals surface area contributed by atoms with E-state index in [1.165, 1.54) is 0 Å². The molecule has 0 aromatic heterocycles. The first-order valence-corrected chi connectivity index (χ1v) is 8.25. The number of ether oxygens (including phenoxy) is 1. The summed E-state index contributed by atoms with van der Waals surface area (Å²) in [6.45, 7) is 5.72. The monoisotopic (exact) mass is 343 g/mol. The van der Waals surface area contributed by atoms with E-state index in [1.54, 1.807) is 45.0 Å². The zero-order chi connectivity index (χ0) is 17.0. The van der Waals surface area contributed by atoms with Crippen LogP contribution in [0, 0.1) is 0 Å². The number of hydroxylamine groups is 2. The first-order valence-electron chi connectivity index (χ1n) is 7.10. The molecule has 128 valence electrons. The average Bonchev–Trinajstić information content (AvgIpc) is 2.94. The number of carbonyl (C=O) groups is 1. The molecule has 1 saturated heterocycles. The number of hydrogen-bond acceptors (Lipinski definition) is 6. The molecule has 1 heterocycles. The quantitative estimate of drug-likeness (QED) is 0.719. The van der Waals surface area contributed by atoms with Crippen molar-refractivity contribution in [3.8, 4) is 0 Å². The summed E-state index contributed by atoms with van der Waals surface area (Å²) in [5.74, 6) is 0. The van der Waals surface area contributed by atoms with Crippen molar-refractivity contribution < 1.29 is 23.8 Å². The second-order valence-electron chi connectivity index (χ2n) is 6.03. The standard InChI is InChI=1S/C14H21N3O5S/c1-14(2,3)22-13(18)17-8-10(9-21-17)16-23(20)12-7-5-4-6-11(12)15-19/h4-7,10,15-16,19H,8-9H2,1-3H3. The van der Waals surface area contributed by atoms with E-state index in [0.29, 0.717) is 10.6 Å². The van der Waals surface area contributed by atoms with Gasteiger partial charge in [-0.15, -0.1) is 0 Å². The van der Waals surface area contributed by atoms with E-state index in [0.717, 1.165) is 5.06 Å². The fourth-order valence-electron chi connectivity index (χ4n) is 1.93. The molecule has 2 rings (SSSR count). The van der Waals surface area contributed by atoms with E-state index in [1.807, 2.05) is 5.48 Å². The lowest BCUT2D eigenvalue weighted by atomic mass is 10.2. The Morgan fingerprint density at radius 3 is 2.78 bits per heavy atom. The van der Waals surface area contributed by atoms with Gasteiger partial charge in [-0.1, -0.05) is 12.1 Å². The fourth-order valence-corrected chi connectivity index (χ4v) is 3.02. The Labute approximate surface area is 137 Å². The highest BCUT2D eigenvalue weighted by Gasteiger charge is 2.32. The predicted molar refractivity (Wildman–Crippen MR) is 84.1 cm³/mol. The number of para-hydroxylation sites is 1. The highest BCUT2D eigenvalue weighted by molar-refractivity contribution is 7.83. The summed E-state index contributed by atoms with van der Waals surface area (Å²) in [7, 11) is -1.56. The molecule has 23 heavy (non-hydrogen) atoms. The van der Waals surface area contributed by atoms with Crippen molar-refractivity contribution >= 4 is 22.8 Å². The van der Waals surface area contributed by atoms with Gasteiger partial charge in [0.15, 0.2) is 0 Å². The molecular formula is C14H21N3O5S. The summed E-state index contributed by atoms with van der Waals surface area (Å²) >= 11 is 0. The Balaban J connectivity index is 1.93. The smallest absolute Gasteiger partial charge is 0.434 e. The van der Waals surface area contributed by atoms with Crippen LogP contribution >= 0.6 is 0 Å². The van der Waals surface area contributed by atoms with Gasteiger partial charge in [-0.2, -0.15) is 5.06 Å². The molecule has 2 unspecified atom stereocenters. The molecule has 1 amide bonds. The minimum Gasteiger partial charge on any atom is -0.442 e. The molecule has 1 aromatic carbocycles. The average molecular weight is 343 g/mol. The minimum atomic E-state index is -1.56. The molecule has 0 saturated carbocycles. The highest BCUT2D eigenvalue weighted by Crippen LogP contribution is 2.19. The molecule has 3 N–H and O–H groups in total. The third-order valence-corrected chi connectivity index (χ3v) is 4.20. The van der Waals surface area contributed by atoms with Gasteiger partial charge in [-0.25, -0.2) is 13.7 Å². The van der Waals surface area contributed by atoms with Crippen LogP contribution in [0.15, 0.2) is 29.2 Å². The fraction of sp³-hybridized carbons (Fsp3) is 0.500. The van der Waals surface area contributed by atoms with Crippen molar-refractivity contribution in [2.24, 2.45) is 0 Å². The second kappa shape index (κ2) is 7.26. The van der Waals surface area contributed by atoms with Crippen molar-refractivity contribution in [2.75, 3.05) is 18.6 Å². The van der Waals surface area contributed by atoms with Crippen molar-refractivity contribution in [1.29, 1.82) is 0 Å². The van der Waals surface area contributed by atoms with Crippen LogP contribution in [0.1, 0.15) is 20.8 Å². The maximum Gasteiger partial charge on any atom is 0.434 e. The van der Waals surface area contributed by atoms with E-state index >= 15 is 0 Å². The Morgan fingerprint density at radius 2 is 2.13 bits per heavy atom. The van der Waals surface area contributed by atoms with E-state index in [-0.39, 0.29) is 19.2 Å². The number of amides is 1. The summed E-state index contributed by atoms with van der Waals surface area (Å²) in [5, 5.41) is 10.2.